The van der Waals surface area contributed by atoms with Crippen LogP contribution in [0.5, 0.6) is 0 Å². The second-order valence-electron chi connectivity index (χ2n) is 8.84. The monoisotopic (exact) mass is 557 g/mol. The molecule has 2 aromatic carbocycles. The smallest absolute Gasteiger partial charge is 0.365 e. The number of nitrogens with one attached hydrogen (secondary N) is 2. The summed E-state index contributed by atoms with van der Waals surface area (Å²) in [7, 11) is 0. The molecule has 1 heterocycles. The van der Waals surface area contributed by atoms with E-state index in [4.69, 9.17) is 16.9 Å². The number of piperazine rings is 1. The Bertz CT molecular complexity index is 1230. The van der Waals surface area contributed by atoms with Crippen LogP contribution in [0.1, 0.15) is 35.7 Å². The van der Waals surface area contributed by atoms with Gasteiger partial charge in [-0.2, -0.15) is 18.4 Å². The molecule has 2 aromatic rings. The van der Waals surface area contributed by atoms with Gasteiger partial charge < -0.3 is 15.5 Å². The number of rotatable bonds is 8. The summed E-state index contributed by atoms with van der Waals surface area (Å²) in [5, 5.41) is 13.7. The molecule has 1 aliphatic heterocycles. The van der Waals surface area contributed by atoms with Crippen molar-refractivity contribution >= 4 is 34.8 Å². The maximum atomic E-state index is 14.8. The zero-order valence-corrected chi connectivity index (χ0v) is 21.1. The van der Waals surface area contributed by atoms with Crippen molar-refractivity contribution in [2.45, 2.75) is 38.5 Å². The van der Waals surface area contributed by atoms with Crippen LogP contribution in [0.2, 0.25) is 5.02 Å². The molecule has 2 amide bonds. The highest BCUT2D eigenvalue weighted by atomic mass is 35.5. The van der Waals surface area contributed by atoms with E-state index in [1.807, 2.05) is 11.8 Å². The number of alkyl halides is 3. The number of anilines is 2. The van der Waals surface area contributed by atoms with Gasteiger partial charge in [0.25, 0.3) is 5.91 Å². The van der Waals surface area contributed by atoms with Gasteiger partial charge in [-0.05, 0) is 31.2 Å². The summed E-state index contributed by atoms with van der Waals surface area (Å²) < 4.78 is 67.2. The molecule has 38 heavy (non-hydrogen) atoms. The summed E-state index contributed by atoms with van der Waals surface area (Å²) in [6.07, 6.45) is -5.59. The van der Waals surface area contributed by atoms with Gasteiger partial charge in [-0.1, -0.05) is 17.7 Å². The Hall–Kier alpha value is -3.43. The van der Waals surface area contributed by atoms with Crippen molar-refractivity contribution in [3.8, 4) is 6.07 Å². The maximum absolute atomic E-state index is 14.8. The van der Waals surface area contributed by atoms with Crippen molar-refractivity contribution < 1.29 is 31.5 Å². The normalized spacial score (nSPS) is 16.2. The Labute approximate surface area is 221 Å². The summed E-state index contributed by atoms with van der Waals surface area (Å²) in [6.45, 7) is 2.41. The summed E-state index contributed by atoms with van der Waals surface area (Å²) in [5.41, 5.74) is -0.00979. The first-order valence-corrected chi connectivity index (χ1v) is 12.0. The number of amides is 2. The maximum Gasteiger partial charge on any atom is 0.390 e. The molecule has 7 nitrogen and oxygen atoms in total. The Kier molecular flexibility index (Phi) is 9.51. The van der Waals surface area contributed by atoms with Crippen molar-refractivity contribution in [1.82, 2.24) is 10.2 Å². The molecule has 204 valence electrons. The first kappa shape index (κ1) is 29.1. The van der Waals surface area contributed by atoms with E-state index in [2.05, 4.69) is 10.6 Å². The van der Waals surface area contributed by atoms with Crippen LogP contribution in [0, 0.1) is 23.0 Å². The van der Waals surface area contributed by atoms with E-state index in [0.717, 1.165) is 12.1 Å². The third-order valence-electron chi connectivity index (χ3n) is 6.06. The average molecular weight is 558 g/mol. The zero-order valence-electron chi connectivity index (χ0n) is 20.3. The van der Waals surface area contributed by atoms with E-state index in [0.29, 0.717) is 30.3 Å². The molecule has 1 saturated heterocycles. The molecule has 0 unspecified atom stereocenters. The third-order valence-corrected chi connectivity index (χ3v) is 6.30. The molecule has 1 fully saturated rings. The minimum atomic E-state index is -4.25. The molecular weight excluding hydrogens is 533 g/mol. The lowest BCUT2D eigenvalue weighted by Crippen LogP contribution is -2.52. The standard InChI is InChI=1S/C25H25ClF5N5O2/c1-15-14-35(9-7-25(29,30)31)10-11-36(15)20-12-17(26)3-5-19(20)34-24(38)18-4-2-16(22(27)23(18)28)13-33-21(37)6-8-32/h2-5,12,15H,6-7,9-11,13-14H2,1H3,(H,33,37)(H,34,38)/t15-/m1/s1. The number of carbonyl (C=O) groups is 2. The molecule has 2 N–H and O–H groups in total. The summed E-state index contributed by atoms with van der Waals surface area (Å²) in [6, 6.07) is 8.25. The van der Waals surface area contributed by atoms with Crippen molar-refractivity contribution in [2.24, 2.45) is 0 Å². The van der Waals surface area contributed by atoms with Crippen LogP contribution in [0.25, 0.3) is 0 Å². The molecular formula is C25H25ClF5N5O2. The van der Waals surface area contributed by atoms with Crippen LogP contribution in [-0.2, 0) is 11.3 Å². The minimum absolute atomic E-state index is 0.121. The zero-order chi connectivity index (χ0) is 28.0. The molecule has 0 radical (unpaired) electrons. The quantitative estimate of drug-likeness (QED) is 0.453. The van der Waals surface area contributed by atoms with Gasteiger partial charge in [-0.3, -0.25) is 14.5 Å². The molecule has 0 saturated carbocycles. The van der Waals surface area contributed by atoms with Gasteiger partial charge in [0.15, 0.2) is 11.6 Å². The fourth-order valence-electron chi connectivity index (χ4n) is 4.15. The fraction of sp³-hybridized carbons (Fsp3) is 0.400. The molecule has 0 bridgehead atoms. The second kappa shape index (κ2) is 12.4. The van der Waals surface area contributed by atoms with Crippen LogP contribution in [0.15, 0.2) is 30.3 Å². The third kappa shape index (κ3) is 7.55. The molecule has 3 rings (SSSR count). The van der Waals surface area contributed by atoms with Gasteiger partial charge in [0, 0.05) is 49.4 Å². The van der Waals surface area contributed by atoms with Crippen LogP contribution in [0.4, 0.5) is 33.3 Å². The number of hydrogen-bond donors (Lipinski definition) is 2. The van der Waals surface area contributed by atoms with Gasteiger partial charge in [-0.15, -0.1) is 0 Å². The van der Waals surface area contributed by atoms with Crippen LogP contribution < -0.4 is 15.5 Å². The highest BCUT2D eigenvalue weighted by Crippen LogP contribution is 2.33. The largest absolute Gasteiger partial charge is 0.390 e. The van der Waals surface area contributed by atoms with Gasteiger partial charge in [0.05, 0.1) is 29.4 Å². The Morgan fingerprint density at radius 2 is 1.89 bits per heavy atom. The second-order valence-corrected chi connectivity index (χ2v) is 9.27. The molecule has 0 spiro atoms. The number of nitrogens with zero attached hydrogens (tertiary/aromatic N) is 3. The van der Waals surface area contributed by atoms with Gasteiger partial charge in [0.1, 0.15) is 6.42 Å². The SMILES string of the molecule is C[C@@H]1CN(CCC(F)(F)F)CCN1c1cc(Cl)ccc1NC(=O)c1ccc(CNC(=O)CC#N)c(F)c1F. The molecule has 1 atom stereocenters. The average Bonchev–Trinajstić information content (AvgIpc) is 2.84. The summed E-state index contributed by atoms with van der Waals surface area (Å²) in [5.74, 6) is -4.30. The van der Waals surface area contributed by atoms with E-state index in [-0.39, 0.29) is 30.4 Å². The lowest BCUT2D eigenvalue weighted by molar-refractivity contribution is -0.138. The minimum Gasteiger partial charge on any atom is -0.365 e. The predicted molar refractivity (Wildman–Crippen MR) is 132 cm³/mol. The number of nitriles is 1. The number of hydrogen-bond acceptors (Lipinski definition) is 5. The Morgan fingerprint density at radius 3 is 2.55 bits per heavy atom. The van der Waals surface area contributed by atoms with Crippen molar-refractivity contribution in [2.75, 3.05) is 36.4 Å². The summed E-state index contributed by atoms with van der Waals surface area (Å²) >= 11 is 6.17. The number of carbonyl (C=O) groups excluding carboxylic acids is 2. The lowest BCUT2D eigenvalue weighted by atomic mass is 10.1. The molecule has 0 aromatic heterocycles. The van der Waals surface area contributed by atoms with Crippen LogP contribution >= 0.6 is 11.6 Å². The summed E-state index contributed by atoms with van der Waals surface area (Å²) in [4.78, 5) is 27.9. The van der Waals surface area contributed by atoms with Crippen molar-refractivity contribution in [3.63, 3.8) is 0 Å². The molecule has 0 aliphatic carbocycles. The van der Waals surface area contributed by atoms with Gasteiger partial charge in [-0.25, -0.2) is 8.78 Å². The van der Waals surface area contributed by atoms with Gasteiger partial charge in [0.2, 0.25) is 5.91 Å². The highest BCUT2D eigenvalue weighted by Gasteiger charge is 2.31. The van der Waals surface area contributed by atoms with Gasteiger partial charge >= 0.3 is 6.18 Å². The van der Waals surface area contributed by atoms with E-state index < -0.39 is 48.0 Å². The van der Waals surface area contributed by atoms with E-state index in [9.17, 15) is 31.5 Å². The number of halogens is 6. The van der Waals surface area contributed by atoms with E-state index in [1.54, 1.807) is 17.0 Å². The van der Waals surface area contributed by atoms with E-state index >= 15 is 0 Å². The lowest BCUT2D eigenvalue weighted by Gasteiger charge is -2.42. The molecule has 13 heteroatoms. The predicted octanol–water partition coefficient (Wildman–Crippen LogP) is 4.86. The van der Waals surface area contributed by atoms with Crippen molar-refractivity contribution in [3.05, 3.63) is 58.1 Å². The Balaban J connectivity index is 1.75. The van der Waals surface area contributed by atoms with E-state index in [1.165, 1.54) is 12.1 Å². The number of benzene rings is 2. The van der Waals surface area contributed by atoms with Crippen molar-refractivity contribution in [1.29, 1.82) is 5.26 Å². The topological polar surface area (TPSA) is 88.5 Å². The first-order valence-electron chi connectivity index (χ1n) is 11.7. The first-order chi connectivity index (χ1) is 17.9. The highest BCUT2D eigenvalue weighted by molar-refractivity contribution is 6.31. The van der Waals surface area contributed by atoms with Crippen LogP contribution in [-0.4, -0.2) is 55.1 Å². The Morgan fingerprint density at radius 1 is 1.16 bits per heavy atom. The molecule has 1 aliphatic rings. The fourth-order valence-corrected chi connectivity index (χ4v) is 4.31. The van der Waals surface area contributed by atoms with Crippen LogP contribution in [0.3, 0.4) is 0 Å².